The molecule has 0 aliphatic heterocycles. The molecule has 0 fully saturated rings. The number of rotatable bonds is 8. The molecular weight excluding hydrogens is 498 g/mol. The summed E-state index contributed by atoms with van der Waals surface area (Å²) in [5, 5.41) is 16.2. The predicted octanol–water partition coefficient (Wildman–Crippen LogP) is 4.36. The third kappa shape index (κ3) is 5.03. The number of benzene rings is 1. The van der Waals surface area contributed by atoms with Crippen LogP contribution in [0, 0.1) is 6.92 Å². The summed E-state index contributed by atoms with van der Waals surface area (Å²) in [6.07, 6.45) is 6.89. The van der Waals surface area contributed by atoms with Gasteiger partial charge in [0.05, 0.1) is 29.6 Å². The molecule has 4 aromatic rings. The van der Waals surface area contributed by atoms with Crippen LogP contribution in [0.5, 0.6) is 5.75 Å². The van der Waals surface area contributed by atoms with Crippen LogP contribution in [0.25, 0.3) is 0 Å². The molecule has 1 aromatic carbocycles. The minimum absolute atomic E-state index is 0.122. The van der Waals surface area contributed by atoms with E-state index in [1.807, 2.05) is 23.9 Å². The molecule has 0 radical (unpaired) electrons. The largest absolute Gasteiger partial charge is 0.470 e. The van der Waals surface area contributed by atoms with Crippen LogP contribution in [0.3, 0.4) is 0 Å². The number of amides is 1. The van der Waals surface area contributed by atoms with Crippen LogP contribution in [-0.4, -0.2) is 35.2 Å². The van der Waals surface area contributed by atoms with Gasteiger partial charge in [0.2, 0.25) is 0 Å². The highest BCUT2D eigenvalue weighted by molar-refractivity contribution is 9.10. The fourth-order valence-corrected chi connectivity index (χ4v) is 3.85. The van der Waals surface area contributed by atoms with E-state index in [0.717, 1.165) is 22.3 Å². The summed E-state index contributed by atoms with van der Waals surface area (Å²) in [7, 11) is 0. The summed E-state index contributed by atoms with van der Waals surface area (Å²) in [5.41, 5.74) is 3.04. The van der Waals surface area contributed by atoms with Gasteiger partial charge in [-0.1, -0.05) is 27.5 Å². The molecule has 1 amide bonds. The number of hydrogen-bond donors (Lipinski definition) is 1. The fourth-order valence-electron chi connectivity index (χ4n) is 3.13. The second-order valence-corrected chi connectivity index (χ2v) is 8.36. The van der Waals surface area contributed by atoms with Crippen molar-refractivity contribution in [2.24, 2.45) is 0 Å². The molecule has 0 spiro atoms. The molecule has 0 unspecified atom stereocenters. The molecule has 32 heavy (non-hydrogen) atoms. The van der Waals surface area contributed by atoms with Gasteiger partial charge in [-0.2, -0.15) is 15.3 Å². The highest BCUT2D eigenvalue weighted by Crippen LogP contribution is 2.27. The van der Waals surface area contributed by atoms with Crippen molar-refractivity contribution >= 4 is 39.1 Å². The van der Waals surface area contributed by atoms with Crippen molar-refractivity contribution in [3.63, 3.8) is 0 Å². The Morgan fingerprint density at radius 3 is 2.81 bits per heavy atom. The van der Waals surface area contributed by atoms with Crippen molar-refractivity contribution in [1.82, 2.24) is 29.3 Å². The third-order valence-electron chi connectivity index (χ3n) is 4.85. The highest BCUT2D eigenvalue weighted by Gasteiger charge is 2.13. The van der Waals surface area contributed by atoms with Gasteiger partial charge in [0.15, 0.2) is 12.4 Å². The first kappa shape index (κ1) is 22.1. The van der Waals surface area contributed by atoms with Gasteiger partial charge in [-0.05, 0) is 38.1 Å². The first-order chi connectivity index (χ1) is 15.4. The molecule has 0 aliphatic rings. The summed E-state index contributed by atoms with van der Waals surface area (Å²) in [5.74, 6) is 0.198. The third-order valence-corrected chi connectivity index (χ3v) is 5.64. The van der Waals surface area contributed by atoms with E-state index in [-0.39, 0.29) is 18.3 Å². The summed E-state index contributed by atoms with van der Waals surface area (Å²) >= 11 is 9.50. The number of carbonyl (C=O) groups is 1. The maximum absolute atomic E-state index is 12.6. The molecule has 11 heteroatoms. The Labute approximate surface area is 198 Å². The van der Waals surface area contributed by atoms with Crippen molar-refractivity contribution in [3.8, 4) is 5.75 Å². The molecule has 166 valence electrons. The Morgan fingerprint density at radius 1 is 1.22 bits per heavy atom. The van der Waals surface area contributed by atoms with E-state index >= 15 is 0 Å². The predicted molar refractivity (Wildman–Crippen MR) is 124 cm³/mol. The average molecular weight is 519 g/mol. The molecule has 0 bridgehead atoms. The van der Waals surface area contributed by atoms with Crippen LogP contribution in [0.1, 0.15) is 28.7 Å². The number of aryl methyl sites for hydroxylation is 1. The number of hydrogen-bond acceptors (Lipinski definition) is 5. The molecule has 0 saturated heterocycles. The molecule has 4 rings (SSSR count). The molecule has 0 atom stereocenters. The maximum atomic E-state index is 12.6. The van der Waals surface area contributed by atoms with Crippen LogP contribution < -0.4 is 10.1 Å². The van der Waals surface area contributed by atoms with Crippen molar-refractivity contribution in [1.29, 1.82) is 0 Å². The van der Waals surface area contributed by atoms with Gasteiger partial charge < -0.3 is 10.1 Å². The quantitative estimate of drug-likeness (QED) is 0.374. The van der Waals surface area contributed by atoms with Crippen LogP contribution in [0.2, 0.25) is 5.02 Å². The van der Waals surface area contributed by atoms with Gasteiger partial charge in [0, 0.05) is 34.7 Å². The number of nitrogens with one attached hydrogen (secondary N) is 1. The number of halogens is 2. The lowest BCUT2D eigenvalue weighted by atomic mass is 10.2. The topological polar surface area (TPSA) is 91.8 Å². The average Bonchev–Trinajstić information content (AvgIpc) is 3.49. The second kappa shape index (κ2) is 9.58. The monoisotopic (exact) mass is 517 g/mol. The van der Waals surface area contributed by atoms with Gasteiger partial charge in [-0.15, -0.1) is 0 Å². The van der Waals surface area contributed by atoms with E-state index in [2.05, 4.69) is 43.5 Å². The van der Waals surface area contributed by atoms with E-state index in [0.29, 0.717) is 23.0 Å². The number of anilines is 1. The Kier molecular flexibility index (Phi) is 6.61. The van der Waals surface area contributed by atoms with E-state index in [1.165, 1.54) is 4.68 Å². The fraction of sp³-hybridized carbons (Fsp3) is 0.238. The van der Waals surface area contributed by atoms with E-state index < -0.39 is 0 Å². The summed E-state index contributed by atoms with van der Waals surface area (Å²) in [4.78, 5) is 12.6. The Bertz CT molecular complexity index is 1250. The Balaban J connectivity index is 1.34. The van der Waals surface area contributed by atoms with E-state index in [4.69, 9.17) is 16.3 Å². The lowest BCUT2D eigenvalue weighted by Crippen LogP contribution is -2.14. The normalized spacial score (nSPS) is 11.0. The van der Waals surface area contributed by atoms with E-state index in [9.17, 15) is 4.79 Å². The van der Waals surface area contributed by atoms with Crippen LogP contribution >= 0.6 is 27.5 Å². The molecule has 3 aromatic heterocycles. The number of ether oxygens (including phenoxy) is 1. The molecule has 0 aliphatic carbocycles. The van der Waals surface area contributed by atoms with E-state index in [1.54, 1.807) is 41.5 Å². The Morgan fingerprint density at radius 2 is 2.06 bits per heavy atom. The van der Waals surface area contributed by atoms with Gasteiger partial charge in [-0.3, -0.25) is 14.2 Å². The van der Waals surface area contributed by atoms with Crippen molar-refractivity contribution < 1.29 is 9.53 Å². The maximum Gasteiger partial charge on any atom is 0.276 e. The number of aromatic nitrogens is 6. The minimum atomic E-state index is -0.333. The standard InChI is InChI=1S/C21H21BrClN7O2/c1-3-30-14(2)15(9-25-30)11-29-12-17(10-24-29)26-21(31)19-6-7-28(27-19)13-32-20-5-4-16(22)8-18(20)23/h4-10,12H,3,11,13H2,1-2H3,(H,26,31). The summed E-state index contributed by atoms with van der Waals surface area (Å²) in [6.45, 7) is 5.60. The van der Waals surface area contributed by atoms with Crippen LogP contribution in [0.4, 0.5) is 5.69 Å². The van der Waals surface area contributed by atoms with Crippen molar-refractivity contribution in [2.45, 2.75) is 33.7 Å². The second-order valence-electron chi connectivity index (χ2n) is 7.04. The number of carbonyl (C=O) groups excluding carboxylic acids is 1. The minimum Gasteiger partial charge on any atom is -0.470 e. The SMILES string of the molecule is CCn1ncc(Cn2cc(NC(=O)c3ccn(COc4ccc(Br)cc4Cl)n3)cn2)c1C. The summed E-state index contributed by atoms with van der Waals surface area (Å²) in [6, 6.07) is 6.96. The lowest BCUT2D eigenvalue weighted by Gasteiger charge is -2.08. The van der Waals surface area contributed by atoms with Gasteiger partial charge >= 0.3 is 0 Å². The summed E-state index contributed by atoms with van der Waals surface area (Å²) < 4.78 is 11.7. The van der Waals surface area contributed by atoms with Crippen molar-refractivity contribution in [3.05, 3.63) is 75.5 Å². The zero-order valence-electron chi connectivity index (χ0n) is 17.5. The van der Waals surface area contributed by atoms with Gasteiger partial charge in [-0.25, -0.2) is 4.68 Å². The zero-order valence-corrected chi connectivity index (χ0v) is 19.8. The molecule has 9 nitrogen and oxygen atoms in total. The molecular formula is C21H21BrClN7O2. The van der Waals surface area contributed by atoms with Crippen LogP contribution in [-0.2, 0) is 19.8 Å². The number of nitrogens with zero attached hydrogens (tertiary/aromatic N) is 6. The smallest absolute Gasteiger partial charge is 0.276 e. The van der Waals surface area contributed by atoms with Gasteiger partial charge in [0.25, 0.3) is 5.91 Å². The van der Waals surface area contributed by atoms with Crippen molar-refractivity contribution in [2.75, 3.05) is 5.32 Å². The molecule has 1 N–H and O–H groups in total. The first-order valence-corrected chi connectivity index (χ1v) is 11.1. The molecule has 0 saturated carbocycles. The highest BCUT2D eigenvalue weighted by atomic mass is 79.9. The first-order valence-electron chi connectivity index (χ1n) is 9.89. The Hall–Kier alpha value is -3.11. The molecule has 3 heterocycles. The zero-order chi connectivity index (χ0) is 22.7. The van der Waals surface area contributed by atoms with Gasteiger partial charge in [0.1, 0.15) is 5.75 Å². The van der Waals surface area contributed by atoms with Crippen LogP contribution in [0.15, 0.2) is 53.5 Å². The lowest BCUT2D eigenvalue weighted by molar-refractivity contribution is 0.102.